The van der Waals surface area contributed by atoms with Crippen LogP contribution in [0.2, 0.25) is 5.15 Å². The predicted octanol–water partition coefficient (Wildman–Crippen LogP) is 0.994. The normalized spacial score (nSPS) is 22.2. The van der Waals surface area contributed by atoms with Crippen molar-refractivity contribution >= 4 is 23.4 Å². The van der Waals surface area contributed by atoms with Gasteiger partial charge in [-0.15, -0.1) is 0 Å². The first-order valence-electron chi connectivity index (χ1n) is 9.27. The fraction of sp³-hybridized carbons (Fsp3) is 0.556. The summed E-state index contributed by atoms with van der Waals surface area (Å²) in [5, 5.41) is 8.00. The van der Waals surface area contributed by atoms with E-state index >= 15 is 0 Å². The van der Waals surface area contributed by atoms with E-state index in [4.69, 9.17) is 20.9 Å². The quantitative estimate of drug-likeness (QED) is 0.750. The van der Waals surface area contributed by atoms with E-state index in [0.717, 1.165) is 0 Å². The minimum Gasteiger partial charge on any atom is -0.379 e. The van der Waals surface area contributed by atoms with Crippen molar-refractivity contribution in [3.63, 3.8) is 0 Å². The molecule has 2 aromatic rings. The summed E-state index contributed by atoms with van der Waals surface area (Å²) in [6.45, 7) is 2.54. The summed E-state index contributed by atoms with van der Waals surface area (Å²) < 4.78 is 12.4. The largest absolute Gasteiger partial charge is 0.379 e. The van der Waals surface area contributed by atoms with Crippen LogP contribution in [0, 0.1) is 5.92 Å². The van der Waals surface area contributed by atoms with Gasteiger partial charge in [-0.3, -0.25) is 14.3 Å². The number of hydrogen-bond acceptors (Lipinski definition) is 6. The number of carbonyl (C=O) groups excluding carboxylic acids is 2. The highest BCUT2D eigenvalue weighted by molar-refractivity contribution is 6.29. The standard InChI is InChI=1S/C18H22ClN5O4/c1-22-15(4-5-20-22)18(26)23-7-12-8-24(13(9-23)11-27-10-12)17(25)3-2-14-6-16(19)21-28-14/h4-6,12-13H,2-3,7-11H2,1H3/t12-,13-/m0/s1. The van der Waals surface area contributed by atoms with Crippen LogP contribution in [0.4, 0.5) is 0 Å². The van der Waals surface area contributed by atoms with E-state index in [1.165, 1.54) is 0 Å². The number of rotatable bonds is 4. The molecule has 0 radical (unpaired) electrons. The Hall–Kier alpha value is -2.39. The van der Waals surface area contributed by atoms with Crippen LogP contribution in [0.1, 0.15) is 22.7 Å². The molecule has 2 atom stereocenters. The molecule has 9 nitrogen and oxygen atoms in total. The molecule has 2 fully saturated rings. The van der Waals surface area contributed by atoms with Gasteiger partial charge in [-0.05, 0) is 6.07 Å². The number of aryl methyl sites for hydroxylation is 2. The van der Waals surface area contributed by atoms with Gasteiger partial charge in [0.25, 0.3) is 5.91 Å². The number of aromatic nitrogens is 3. The second-order valence-electron chi connectivity index (χ2n) is 7.27. The second kappa shape index (κ2) is 7.92. The third kappa shape index (κ3) is 3.90. The maximum atomic E-state index is 12.9. The van der Waals surface area contributed by atoms with Crippen molar-refractivity contribution in [1.82, 2.24) is 24.7 Å². The molecule has 0 unspecified atom stereocenters. The molecule has 0 spiro atoms. The number of nitrogens with zero attached hydrogens (tertiary/aromatic N) is 5. The first-order valence-corrected chi connectivity index (χ1v) is 9.64. The van der Waals surface area contributed by atoms with Gasteiger partial charge in [-0.2, -0.15) is 5.10 Å². The van der Waals surface area contributed by atoms with Gasteiger partial charge in [0.1, 0.15) is 11.5 Å². The Balaban J connectivity index is 1.46. The molecular formula is C18H22ClN5O4. The van der Waals surface area contributed by atoms with Gasteiger partial charge in [0.2, 0.25) is 5.91 Å². The van der Waals surface area contributed by atoms with Crippen molar-refractivity contribution in [1.29, 1.82) is 0 Å². The molecule has 28 heavy (non-hydrogen) atoms. The smallest absolute Gasteiger partial charge is 0.272 e. The van der Waals surface area contributed by atoms with E-state index in [1.807, 2.05) is 9.80 Å². The molecule has 4 heterocycles. The van der Waals surface area contributed by atoms with Crippen LogP contribution in [0.3, 0.4) is 0 Å². The Morgan fingerprint density at radius 3 is 2.86 bits per heavy atom. The highest BCUT2D eigenvalue weighted by Crippen LogP contribution is 2.22. The molecule has 2 saturated heterocycles. The first-order chi connectivity index (χ1) is 13.5. The zero-order valence-electron chi connectivity index (χ0n) is 15.6. The van der Waals surface area contributed by atoms with Crippen LogP contribution in [0.15, 0.2) is 22.9 Å². The van der Waals surface area contributed by atoms with Crippen molar-refractivity contribution in [3.8, 4) is 0 Å². The van der Waals surface area contributed by atoms with Crippen LogP contribution in [0.5, 0.6) is 0 Å². The van der Waals surface area contributed by atoms with Gasteiger partial charge in [0.05, 0.1) is 19.3 Å². The van der Waals surface area contributed by atoms with E-state index in [0.29, 0.717) is 57.1 Å². The van der Waals surface area contributed by atoms with Crippen molar-refractivity contribution < 1.29 is 18.8 Å². The first kappa shape index (κ1) is 18.9. The lowest BCUT2D eigenvalue weighted by molar-refractivity contribution is -0.133. The molecule has 2 amide bonds. The number of ether oxygens (including phenoxy) is 1. The summed E-state index contributed by atoms with van der Waals surface area (Å²) in [6, 6.07) is 3.16. The SMILES string of the molecule is Cn1nccc1C(=O)N1C[C@@H]2COC[C@H](C1)N(C(=O)CCc1cc(Cl)no1)C2. The molecule has 0 N–H and O–H groups in total. The summed E-state index contributed by atoms with van der Waals surface area (Å²) >= 11 is 5.76. The van der Waals surface area contributed by atoms with Gasteiger partial charge >= 0.3 is 0 Å². The van der Waals surface area contributed by atoms with E-state index in [-0.39, 0.29) is 28.9 Å². The summed E-state index contributed by atoms with van der Waals surface area (Å²) in [6.07, 6.45) is 2.34. The van der Waals surface area contributed by atoms with E-state index in [1.54, 1.807) is 30.1 Å². The average molecular weight is 408 g/mol. The number of amides is 2. The molecule has 2 aliphatic heterocycles. The van der Waals surface area contributed by atoms with Crippen LogP contribution < -0.4 is 0 Å². The predicted molar refractivity (Wildman–Crippen MR) is 98.8 cm³/mol. The van der Waals surface area contributed by atoms with Crippen LogP contribution in [-0.4, -0.2) is 75.4 Å². The monoisotopic (exact) mass is 407 g/mol. The maximum Gasteiger partial charge on any atom is 0.272 e. The molecule has 2 aromatic heterocycles. The summed E-state index contributed by atoms with van der Waals surface area (Å²) in [4.78, 5) is 29.5. The average Bonchev–Trinajstić information content (AvgIpc) is 3.15. The fourth-order valence-electron chi connectivity index (χ4n) is 3.84. The van der Waals surface area contributed by atoms with Crippen molar-refractivity contribution in [2.45, 2.75) is 18.9 Å². The van der Waals surface area contributed by atoms with Crippen molar-refractivity contribution in [3.05, 3.63) is 34.9 Å². The molecule has 2 bridgehead atoms. The Labute approximate surface area is 167 Å². The number of hydrogen-bond donors (Lipinski definition) is 0. The summed E-state index contributed by atoms with van der Waals surface area (Å²) in [5.74, 6) is 0.610. The number of fused-ring (bicyclic) bond motifs is 3. The van der Waals surface area contributed by atoms with E-state index < -0.39 is 0 Å². The molecule has 0 aromatic carbocycles. The Bertz CT molecular complexity index is 866. The zero-order chi connectivity index (χ0) is 19.7. The van der Waals surface area contributed by atoms with Crippen molar-refractivity contribution in [2.75, 3.05) is 32.8 Å². The van der Waals surface area contributed by atoms with Crippen LogP contribution in [0.25, 0.3) is 0 Å². The highest BCUT2D eigenvalue weighted by atomic mass is 35.5. The molecule has 2 aliphatic rings. The fourth-order valence-corrected chi connectivity index (χ4v) is 4.00. The Morgan fingerprint density at radius 2 is 2.14 bits per heavy atom. The van der Waals surface area contributed by atoms with Crippen molar-refractivity contribution in [2.24, 2.45) is 13.0 Å². The van der Waals surface area contributed by atoms with Gasteiger partial charge in [-0.25, -0.2) is 0 Å². The van der Waals surface area contributed by atoms with Gasteiger partial charge in [-0.1, -0.05) is 16.8 Å². The molecule has 0 saturated carbocycles. The zero-order valence-corrected chi connectivity index (χ0v) is 16.3. The number of halogens is 1. The minimum atomic E-state index is -0.171. The van der Waals surface area contributed by atoms with Gasteiger partial charge in [0.15, 0.2) is 5.15 Å². The van der Waals surface area contributed by atoms with Gasteiger partial charge < -0.3 is 19.1 Å². The second-order valence-corrected chi connectivity index (χ2v) is 7.66. The van der Waals surface area contributed by atoms with Gasteiger partial charge in [0, 0.05) is 57.7 Å². The Morgan fingerprint density at radius 1 is 1.29 bits per heavy atom. The highest BCUT2D eigenvalue weighted by Gasteiger charge is 2.37. The lowest BCUT2D eigenvalue weighted by atomic mass is 10.1. The molecule has 4 rings (SSSR count). The Kier molecular flexibility index (Phi) is 5.36. The van der Waals surface area contributed by atoms with E-state index in [9.17, 15) is 9.59 Å². The van der Waals surface area contributed by atoms with Crippen LogP contribution in [-0.2, 0) is 23.0 Å². The number of carbonyl (C=O) groups is 2. The minimum absolute atomic E-state index is 0.0165. The summed E-state index contributed by atoms with van der Waals surface area (Å²) in [5.41, 5.74) is 0.543. The lowest BCUT2D eigenvalue weighted by Gasteiger charge is -2.31. The maximum absolute atomic E-state index is 12.9. The topological polar surface area (TPSA) is 93.7 Å². The molecule has 150 valence electrons. The molecule has 0 aliphatic carbocycles. The molecular weight excluding hydrogens is 386 g/mol. The summed E-state index contributed by atoms with van der Waals surface area (Å²) in [7, 11) is 1.75. The lowest BCUT2D eigenvalue weighted by Crippen LogP contribution is -2.48. The van der Waals surface area contributed by atoms with E-state index in [2.05, 4.69) is 10.3 Å². The molecule has 10 heteroatoms. The third-order valence-electron chi connectivity index (χ3n) is 5.23. The third-order valence-corrected chi connectivity index (χ3v) is 5.41. The van der Waals surface area contributed by atoms with Crippen LogP contribution >= 0.6 is 11.6 Å².